The van der Waals surface area contributed by atoms with Gasteiger partial charge in [-0.2, -0.15) is 0 Å². The van der Waals surface area contributed by atoms with E-state index in [0.717, 1.165) is 12.4 Å². The number of hydrogen-bond donors (Lipinski definition) is 0. The van der Waals surface area contributed by atoms with Crippen molar-refractivity contribution >= 4 is 17.4 Å². The molecular formula is C12H18ClN3O. The van der Waals surface area contributed by atoms with Crippen LogP contribution in [0.25, 0.3) is 0 Å². The van der Waals surface area contributed by atoms with E-state index in [0.29, 0.717) is 24.4 Å². The highest BCUT2D eigenvalue weighted by Crippen LogP contribution is 2.29. The molecule has 0 radical (unpaired) electrons. The van der Waals surface area contributed by atoms with Gasteiger partial charge < -0.3 is 9.64 Å². The van der Waals surface area contributed by atoms with Crippen LogP contribution in [0.5, 0.6) is 5.88 Å². The Morgan fingerprint density at radius 3 is 2.88 bits per heavy atom. The number of ether oxygens (including phenoxy) is 1. The van der Waals surface area contributed by atoms with Crippen molar-refractivity contribution in [1.29, 1.82) is 0 Å². The molecule has 0 aliphatic heterocycles. The Bertz CT molecular complexity index is 357. The van der Waals surface area contributed by atoms with Crippen molar-refractivity contribution in [2.24, 2.45) is 0 Å². The van der Waals surface area contributed by atoms with Crippen molar-refractivity contribution in [1.82, 2.24) is 9.97 Å². The predicted octanol–water partition coefficient (Wildman–Crippen LogP) is 2.47. The highest BCUT2D eigenvalue weighted by Gasteiger charge is 2.25. The average Bonchev–Trinajstić information content (AvgIpc) is 2.27. The molecule has 0 aromatic carbocycles. The van der Waals surface area contributed by atoms with Gasteiger partial charge in [0.25, 0.3) is 0 Å². The molecule has 5 heteroatoms. The van der Waals surface area contributed by atoms with E-state index < -0.39 is 0 Å². The minimum absolute atomic E-state index is 0.582. The number of alkyl halides is 1. The normalized spacial score (nSPS) is 15.4. The Hall–Kier alpha value is -1.03. The van der Waals surface area contributed by atoms with Crippen molar-refractivity contribution in [3.05, 3.63) is 12.4 Å². The van der Waals surface area contributed by atoms with Gasteiger partial charge in [-0.05, 0) is 26.2 Å². The van der Waals surface area contributed by atoms with Gasteiger partial charge in [0.2, 0.25) is 5.88 Å². The summed E-state index contributed by atoms with van der Waals surface area (Å²) >= 11 is 5.86. The SMILES string of the molecule is CCOc1cc(N(CCCl)C2CCC2)ncn1. The number of hydrogen-bond acceptors (Lipinski definition) is 4. The van der Waals surface area contributed by atoms with Crippen molar-refractivity contribution < 1.29 is 4.74 Å². The van der Waals surface area contributed by atoms with Crippen LogP contribution < -0.4 is 9.64 Å². The topological polar surface area (TPSA) is 38.2 Å². The fourth-order valence-electron chi connectivity index (χ4n) is 1.99. The molecule has 94 valence electrons. The lowest BCUT2D eigenvalue weighted by Gasteiger charge is -2.38. The van der Waals surface area contributed by atoms with Crippen LogP contribution in [0.2, 0.25) is 0 Å². The van der Waals surface area contributed by atoms with Crippen LogP contribution in [-0.2, 0) is 0 Å². The van der Waals surface area contributed by atoms with Gasteiger partial charge >= 0.3 is 0 Å². The molecule has 2 rings (SSSR count). The summed E-state index contributed by atoms with van der Waals surface area (Å²) in [6.07, 6.45) is 5.31. The van der Waals surface area contributed by atoms with E-state index >= 15 is 0 Å². The number of halogens is 1. The maximum absolute atomic E-state index is 5.86. The van der Waals surface area contributed by atoms with Gasteiger partial charge in [-0.15, -0.1) is 11.6 Å². The van der Waals surface area contributed by atoms with Crippen molar-refractivity contribution in [2.75, 3.05) is 23.9 Å². The fourth-order valence-corrected chi connectivity index (χ4v) is 2.17. The van der Waals surface area contributed by atoms with Gasteiger partial charge in [0.05, 0.1) is 6.61 Å². The third kappa shape index (κ3) is 3.00. The second kappa shape index (κ2) is 6.05. The first-order valence-electron chi connectivity index (χ1n) is 6.12. The molecule has 1 aromatic heterocycles. The average molecular weight is 256 g/mol. The van der Waals surface area contributed by atoms with Gasteiger partial charge in [0, 0.05) is 24.5 Å². The van der Waals surface area contributed by atoms with E-state index in [9.17, 15) is 0 Å². The quantitative estimate of drug-likeness (QED) is 0.732. The summed E-state index contributed by atoms with van der Waals surface area (Å²) < 4.78 is 5.40. The molecule has 0 unspecified atom stereocenters. The molecule has 0 amide bonds. The first-order chi connectivity index (χ1) is 8.35. The lowest BCUT2D eigenvalue weighted by Crippen LogP contribution is -2.42. The second-order valence-electron chi connectivity index (χ2n) is 4.11. The zero-order valence-corrected chi connectivity index (χ0v) is 10.9. The standard InChI is InChI=1S/C12H18ClN3O/c1-2-17-12-8-11(14-9-15-12)16(7-6-13)10-4-3-5-10/h8-10H,2-7H2,1H3. The van der Waals surface area contributed by atoms with E-state index in [4.69, 9.17) is 16.3 Å². The summed E-state index contributed by atoms with van der Waals surface area (Å²) in [5.41, 5.74) is 0. The molecule has 0 spiro atoms. The second-order valence-corrected chi connectivity index (χ2v) is 4.49. The Balaban J connectivity index is 2.13. The van der Waals surface area contributed by atoms with E-state index in [1.807, 2.05) is 13.0 Å². The zero-order chi connectivity index (χ0) is 12.1. The van der Waals surface area contributed by atoms with E-state index in [-0.39, 0.29) is 0 Å². The van der Waals surface area contributed by atoms with Crippen LogP contribution in [0, 0.1) is 0 Å². The largest absolute Gasteiger partial charge is 0.478 e. The monoisotopic (exact) mass is 255 g/mol. The van der Waals surface area contributed by atoms with Crippen LogP contribution in [0.4, 0.5) is 5.82 Å². The fraction of sp³-hybridized carbons (Fsp3) is 0.667. The maximum Gasteiger partial charge on any atom is 0.218 e. The van der Waals surface area contributed by atoms with Gasteiger partial charge in [0.1, 0.15) is 12.1 Å². The summed E-state index contributed by atoms with van der Waals surface area (Å²) in [4.78, 5) is 10.7. The first-order valence-corrected chi connectivity index (χ1v) is 6.66. The van der Waals surface area contributed by atoms with Crippen LogP contribution in [0.1, 0.15) is 26.2 Å². The molecule has 0 bridgehead atoms. The van der Waals surface area contributed by atoms with Crippen LogP contribution in [0.3, 0.4) is 0 Å². The predicted molar refractivity (Wildman–Crippen MR) is 68.9 cm³/mol. The Morgan fingerprint density at radius 2 is 2.29 bits per heavy atom. The summed E-state index contributed by atoms with van der Waals surface area (Å²) in [6.45, 7) is 3.40. The summed E-state index contributed by atoms with van der Waals surface area (Å²) in [5.74, 6) is 2.18. The molecule has 0 atom stereocenters. The third-order valence-electron chi connectivity index (χ3n) is 3.05. The first kappa shape index (κ1) is 12.4. The molecule has 1 aromatic rings. The van der Waals surface area contributed by atoms with E-state index in [1.54, 1.807) is 6.33 Å². The lowest BCUT2D eigenvalue weighted by atomic mass is 9.91. The molecule has 1 saturated carbocycles. The molecule has 1 aliphatic carbocycles. The number of anilines is 1. The smallest absolute Gasteiger partial charge is 0.218 e. The highest BCUT2D eigenvalue weighted by molar-refractivity contribution is 6.18. The van der Waals surface area contributed by atoms with Crippen LogP contribution >= 0.6 is 11.6 Å². The summed E-state index contributed by atoms with van der Waals surface area (Å²) in [5, 5.41) is 0. The lowest BCUT2D eigenvalue weighted by molar-refractivity contribution is 0.325. The number of nitrogens with zero attached hydrogens (tertiary/aromatic N) is 3. The van der Waals surface area contributed by atoms with E-state index in [2.05, 4.69) is 14.9 Å². The molecule has 1 heterocycles. The van der Waals surface area contributed by atoms with Crippen molar-refractivity contribution in [2.45, 2.75) is 32.2 Å². The molecule has 1 aliphatic rings. The van der Waals surface area contributed by atoms with Crippen LogP contribution in [-0.4, -0.2) is 35.0 Å². The van der Waals surface area contributed by atoms with Gasteiger partial charge in [-0.25, -0.2) is 9.97 Å². The molecule has 17 heavy (non-hydrogen) atoms. The zero-order valence-electron chi connectivity index (χ0n) is 10.1. The van der Waals surface area contributed by atoms with E-state index in [1.165, 1.54) is 19.3 Å². The van der Waals surface area contributed by atoms with Crippen molar-refractivity contribution in [3.8, 4) is 5.88 Å². The summed E-state index contributed by atoms with van der Waals surface area (Å²) in [6, 6.07) is 2.48. The maximum atomic E-state index is 5.86. The molecule has 1 fully saturated rings. The Labute approximate surface area is 107 Å². The Kier molecular flexibility index (Phi) is 4.42. The Morgan fingerprint density at radius 1 is 1.47 bits per heavy atom. The number of rotatable bonds is 6. The minimum Gasteiger partial charge on any atom is -0.478 e. The van der Waals surface area contributed by atoms with Crippen LogP contribution in [0.15, 0.2) is 12.4 Å². The third-order valence-corrected chi connectivity index (χ3v) is 3.22. The molecular weight excluding hydrogens is 238 g/mol. The number of aromatic nitrogens is 2. The molecule has 0 N–H and O–H groups in total. The summed E-state index contributed by atoms with van der Waals surface area (Å²) in [7, 11) is 0. The highest BCUT2D eigenvalue weighted by atomic mass is 35.5. The van der Waals surface area contributed by atoms with Crippen molar-refractivity contribution in [3.63, 3.8) is 0 Å². The minimum atomic E-state index is 0.582. The van der Waals surface area contributed by atoms with Gasteiger partial charge in [0.15, 0.2) is 0 Å². The van der Waals surface area contributed by atoms with Gasteiger partial charge in [-0.3, -0.25) is 0 Å². The molecule has 0 saturated heterocycles. The van der Waals surface area contributed by atoms with Gasteiger partial charge in [-0.1, -0.05) is 0 Å². The molecule has 4 nitrogen and oxygen atoms in total.